The van der Waals surface area contributed by atoms with Gasteiger partial charge in [-0.05, 0) is 37.7 Å². The first-order valence-corrected chi connectivity index (χ1v) is 8.67. The van der Waals surface area contributed by atoms with Crippen LogP contribution >= 0.6 is 0 Å². The normalized spacial score (nSPS) is 22.9. The highest BCUT2D eigenvalue weighted by Crippen LogP contribution is 2.27. The zero-order valence-electron chi connectivity index (χ0n) is 12.0. The lowest BCUT2D eigenvalue weighted by Crippen LogP contribution is -2.37. The highest BCUT2D eigenvalue weighted by atomic mass is 32.2. The number of sulfonamides is 1. The SMILES string of the molecule is CCC1CCC(NS(=O)(=O)c2cccc([N+](=O)[O-])c2)CC1. The lowest BCUT2D eigenvalue weighted by molar-refractivity contribution is -0.385. The second kappa shape index (κ2) is 6.53. The van der Waals surface area contributed by atoms with Crippen molar-refractivity contribution in [2.75, 3.05) is 0 Å². The maximum absolute atomic E-state index is 12.3. The van der Waals surface area contributed by atoms with E-state index >= 15 is 0 Å². The number of hydrogen-bond acceptors (Lipinski definition) is 4. The van der Waals surface area contributed by atoms with Crippen molar-refractivity contribution in [3.63, 3.8) is 0 Å². The molecule has 6 nitrogen and oxygen atoms in total. The number of nitrogens with zero attached hydrogens (tertiary/aromatic N) is 1. The van der Waals surface area contributed by atoms with Gasteiger partial charge >= 0.3 is 0 Å². The van der Waals surface area contributed by atoms with E-state index in [0.29, 0.717) is 5.92 Å². The minimum absolute atomic E-state index is 0.0469. The third-order valence-electron chi connectivity index (χ3n) is 4.08. The average molecular weight is 312 g/mol. The Balaban J connectivity index is 2.08. The third-order valence-corrected chi connectivity index (χ3v) is 5.60. The smallest absolute Gasteiger partial charge is 0.258 e. The van der Waals surface area contributed by atoms with Crippen molar-refractivity contribution in [3.8, 4) is 0 Å². The molecule has 116 valence electrons. The summed E-state index contributed by atoms with van der Waals surface area (Å²) in [4.78, 5) is 10.1. The van der Waals surface area contributed by atoms with Crippen molar-refractivity contribution in [1.29, 1.82) is 0 Å². The van der Waals surface area contributed by atoms with Crippen molar-refractivity contribution in [2.45, 2.75) is 50.0 Å². The van der Waals surface area contributed by atoms with E-state index in [1.807, 2.05) is 0 Å². The molecule has 21 heavy (non-hydrogen) atoms. The van der Waals surface area contributed by atoms with Crippen LogP contribution in [0.2, 0.25) is 0 Å². The first-order valence-electron chi connectivity index (χ1n) is 7.19. The number of hydrogen-bond donors (Lipinski definition) is 1. The van der Waals surface area contributed by atoms with Gasteiger partial charge < -0.3 is 0 Å². The number of nitro benzene ring substituents is 1. The van der Waals surface area contributed by atoms with Crippen LogP contribution in [-0.4, -0.2) is 19.4 Å². The van der Waals surface area contributed by atoms with Gasteiger partial charge in [0.05, 0.1) is 9.82 Å². The predicted octanol–water partition coefficient (Wildman–Crippen LogP) is 2.84. The quantitative estimate of drug-likeness (QED) is 0.668. The van der Waals surface area contributed by atoms with Crippen LogP contribution in [-0.2, 0) is 10.0 Å². The van der Waals surface area contributed by atoms with Gasteiger partial charge in [-0.25, -0.2) is 13.1 Å². The van der Waals surface area contributed by atoms with E-state index in [2.05, 4.69) is 11.6 Å². The van der Waals surface area contributed by atoms with E-state index in [1.54, 1.807) is 0 Å². The number of rotatable bonds is 5. The zero-order valence-corrected chi connectivity index (χ0v) is 12.8. The van der Waals surface area contributed by atoms with Crippen LogP contribution in [0.3, 0.4) is 0 Å². The summed E-state index contributed by atoms with van der Waals surface area (Å²) in [7, 11) is -3.69. The maximum Gasteiger partial charge on any atom is 0.270 e. The molecule has 1 aliphatic rings. The molecule has 7 heteroatoms. The molecule has 1 aliphatic carbocycles. The second-order valence-corrected chi connectivity index (χ2v) is 7.22. The Bertz CT molecular complexity index is 607. The van der Waals surface area contributed by atoms with Crippen molar-refractivity contribution < 1.29 is 13.3 Å². The van der Waals surface area contributed by atoms with Crippen molar-refractivity contribution in [1.82, 2.24) is 4.72 Å². The highest BCUT2D eigenvalue weighted by molar-refractivity contribution is 7.89. The Kier molecular flexibility index (Phi) is 4.95. The highest BCUT2D eigenvalue weighted by Gasteiger charge is 2.25. The van der Waals surface area contributed by atoms with Crippen LogP contribution in [0.5, 0.6) is 0 Å². The van der Waals surface area contributed by atoms with E-state index in [9.17, 15) is 18.5 Å². The number of non-ortho nitro benzene ring substituents is 1. The molecule has 0 bridgehead atoms. The van der Waals surface area contributed by atoms with Crippen molar-refractivity contribution in [2.24, 2.45) is 5.92 Å². The molecule has 0 aliphatic heterocycles. The molecule has 1 N–H and O–H groups in total. The molecule has 1 aromatic carbocycles. The Labute approximate surface area is 124 Å². The van der Waals surface area contributed by atoms with Gasteiger partial charge in [-0.1, -0.05) is 19.4 Å². The fourth-order valence-electron chi connectivity index (χ4n) is 2.74. The van der Waals surface area contributed by atoms with Crippen molar-refractivity contribution in [3.05, 3.63) is 34.4 Å². The van der Waals surface area contributed by atoms with Crippen LogP contribution in [0.15, 0.2) is 29.2 Å². The van der Waals surface area contributed by atoms with Crippen molar-refractivity contribution >= 4 is 15.7 Å². The molecule has 0 spiro atoms. The summed E-state index contributed by atoms with van der Waals surface area (Å²) in [5.74, 6) is 0.684. The summed E-state index contributed by atoms with van der Waals surface area (Å²) in [5.41, 5.74) is -0.215. The lowest BCUT2D eigenvalue weighted by Gasteiger charge is -2.28. The van der Waals surface area contributed by atoms with E-state index in [4.69, 9.17) is 0 Å². The Hall–Kier alpha value is -1.47. The van der Waals surface area contributed by atoms with Gasteiger partial charge in [0.25, 0.3) is 5.69 Å². The molecule has 0 radical (unpaired) electrons. The van der Waals surface area contributed by atoms with Gasteiger partial charge in [-0.15, -0.1) is 0 Å². The molecule has 0 unspecified atom stereocenters. The number of benzene rings is 1. The molecule has 2 rings (SSSR count). The van der Waals surface area contributed by atoms with Crippen LogP contribution in [0.4, 0.5) is 5.69 Å². The molecular weight excluding hydrogens is 292 g/mol. The summed E-state index contributed by atoms with van der Waals surface area (Å²) in [6, 6.07) is 5.08. The van der Waals surface area contributed by atoms with Gasteiger partial charge in [0, 0.05) is 18.2 Å². The number of nitro groups is 1. The molecular formula is C14H20N2O4S. The monoisotopic (exact) mass is 312 g/mol. The summed E-state index contributed by atoms with van der Waals surface area (Å²) in [6.07, 6.45) is 4.83. The molecule has 1 fully saturated rings. The molecule has 0 aromatic heterocycles. The molecule has 1 aromatic rings. The number of nitrogens with one attached hydrogen (secondary N) is 1. The van der Waals surface area contributed by atoms with Gasteiger partial charge in [-0.3, -0.25) is 10.1 Å². The zero-order chi connectivity index (χ0) is 15.5. The fourth-order valence-corrected chi connectivity index (χ4v) is 4.08. The Morgan fingerprint density at radius 1 is 1.29 bits per heavy atom. The van der Waals surface area contributed by atoms with Gasteiger partial charge in [0.1, 0.15) is 0 Å². The largest absolute Gasteiger partial charge is 0.270 e. The molecule has 0 saturated heterocycles. The van der Waals surface area contributed by atoms with Crippen LogP contribution < -0.4 is 4.72 Å². The van der Waals surface area contributed by atoms with Crippen LogP contribution in [0, 0.1) is 16.0 Å². The molecule has 0 amide bonds. The summed E-state index contributed by atoms with van der Waals surface area (Å²) >= 11 is 0. The lowest BCUT2D eigenvalue weighted by atomic mass is 9.85. The third kappa shape index (κ3) is 4.01. The standard InChI is InChI=1S/C14H20N2O4S/c1-2-11-6-8-12(9-7-11)15-21(19,20)14-5-3-4-13(10-14)16(17)18/h3-5,10-12,15H,2,6-9H2,1H3. The first kappa shape index (κ1) is 15.9. The first-order chi connectivity index (χ1) is 9.92. The van der Waals surface area contributed by atoms with Gasteiger partial charge in [0.2, 0.25) is 10.0 Å². The van der Waals surface area contributed by atoms with E-state index in [1.165, 1.54) is 18.2 Å². The molecule has 1 saturated carbocycles. The second-order valence-electron chi connectivity index (χ2n) is 5.50. The fraction of sp³-hybridized carbons (Fsp3) is 0.571. The van der Waals surface area contributed by atoms with Gasteiger partial charge in [0.15, 0.2) is 0 Å². The summed E-state index contributed by atoms with van der Waals surface area (Å²) in [6.45, 7) is 2.15. The maximum atomic E-state index is 12.3. The van der Waals surface area contributed by atoms with E-state index in [-0.39, 0.29) is 16.6 Å². The summed E-state index contributed by atoms with van der Waals surface area (Å²) in [5, 5.41) is 10.7. The minimum atomic E-state index is -3.69. The van der Waals surface area contributed by atoms with Gasteiger partial charge in [-0.2, -0.15) is 0 Å². The summed E-state index contributed by atoms with van der Waals surface area (Å²) < 4.78 is 27.3. The molecule has 0 heterocycles. The Morgan fingerprint density at radius 3 is 2.52 bits per heavy atom. The van der Waals surface area contributed by atoms with E-state index < -0.39 is 14.9 Å². The van der Waals surface area contributed by atoms with E-state index in [0.717, 1.165) is 38.2 Å². The topological polar surface area (TPSA) is 89.3 Å². The predicted molar refractivity (Wildman–Crippen MR) is 79.5 cm³/mol. The van der Waals surface area contributed by atoms with Crippen LogP contribution in [0.25, 0.3) is 0 Å². The minimum Gasteiger partial charge on any atom is -0.258 e. The molecule has 0 atom stereocenters. The average Bonchev–Trinajstić information content (AvgIpc) is 2.48. The Morgan fingerprint density at radius 2 is 1.95 bits per heavy atom. The van der Waals surface area contributed by atoms with Crippen LogP contribution in [0.1, 0.15) is 39.0 Å².